The van der Waals surface area contributed by atoms with Crippen molar-refractivity contribution in [2.24, 2.45) is 7.05 Å². The zero-order valence-corrected chi connectivity index (χ0v) is 11.2. The van der Waals surface area contributed by atoms with E-state index in [-0.39, 0.29) is 5.78 Å². The van der Waals surface area contributed by atoms with Crippen LogP contribution >= 0.6 is 0 Å². The van der Waals surface area contributed by atoms with Gasteiger partial charge in [-0.3, -0.25) is 4.79 Å². The summed E-state index contributed by atoms with van der Waals surface area (Å²) >= 11 is 0. The number of carbonyl (C=O) groups is 1. The molecule has 3 aromatic rings. The molecule has 0 amide bonds. The highest BCUT2D eigenvalue weighted by Gasteiger charge is 2.19. The first-order valence-electron chi connectivity index (χ1n) is 6.23. The van der Waals surface area contributed by atoms with E-state index in [0.29, 0.717) is 11.3 Å². The molecule has 19 heavy (non-hydrogen) atoms. The average Bonchev–Trinajstić information content (AvgIpc) is 2.90. The number of benzene rings is 1. The van der Waals surface area contributed by atoms with Crippen molar-refractivity contribution in [3.8, 4) is 0 Å². The monoisotopic (exact) mass is 253 g/mol. The molecule has 0 spiro atoms. The van der Waals surface area contributed by atoms with Crippen molar-refractivity contribution in [2.75, 3.05) is 0 Å². The summed E-state index contributed by atoms with van der Waals surface area (Å²) in [5.74, 6) is 1.46. The lowest BCUT2D eigenvalue weighted by Gasteiger charge is -1.97. The van der Waals surface area contributed by atoms with Crippen LogP contribution in [0.2, 0.25) is 0 Å². The number of ketones is 1. The van der Waals surface area contributed by atoms with Gasteiger partial charge in [0.05, 0.1) is 5.56 Å². The Balaban J connectivity index is 2.20. The van der Waals surface area contributed by atoms with Crippen molar-refractivity contribution in [3.05, 3.63) is 59.2 Å². The molecule has 0 radical (unpaired) electrons. The fourth-order valence-electron chi connectivity index (χ4n) is 2.52. The van der Waals surface area contributed by atoms with Crippen molar-refractivity contribution < 1.29 is 9.21 Å². The zero-order valence-electron chi connectivity index (χ0n) is 11.2. The van der Waals surface area contributed by atoms with Gasteiger partial charge in [0.15, 0.2) is 5.78 Å². The van der Waals surface area contributed by atoms with E-state index in [9.17, 15) is 4.79 Å². The molecule has 0 atom stereocenters. The topological polar surface area (TPSA) is 35.1 Å². The molecule has 2 heterocycles. The third-order valence-electron chi connectivity index (χ3n) is 3.43. The number of para-hydroxylation sites is 1. The Morgan fingerprint density at radius 2 is 1.89 bits per heavy atom. The van der Waals surface area contributed by atoms with E-state index in [2.05, 4.69) is 0 Å². The number of hydrogen-bond donors (Lipinski definition) is 0. The summed E-state index contributed by atoms with van der Waals surface area (Å²) < 4.78 is 7.43. The van der Waals surface area contributed by atoms with Crippen LogP contribution in [0.4, 0.5) is 0 Å². The zero-order chi connectivity index (χ0) is 13.6. The Hall–Kier alpha value is -2.29. The van der Waals surface area contributed by atoms with Crippen LogP contribution in [0.1, 0.15) is 27.4 Å². The molecule has 3 rings (SSSR count). The van der Waals surface area contributed by atoms with E-state index in [1.807, 2.05) is 55.9 Å². The van der Waals surface area contributed by atoms with Gasteiger partial charge in [-0.15, -0.1) is 0 Å². The fourth-order valence-corrected chi connectivity index (χ4v) is 2.52. The Morgan fingerprint density at radius 1 is 1.16 bits per heavy atom. The van der Waals surface area contributed by atoms with Gasteiger partial charge in [0.25, 0.3) is 0 Å². The smallest absolute Gasteiger partial charge is 0.198 e. The van der Waals surface area contributed by atoms with Crippen LogP contribution in [-0.4, -0.2) is 10.4 Å². The molecule has 96 valence electrons. The van der Waals surface area contributed by atoms with E-state index in [4.69, 9.17) is 4.42 Å². The lowest BCUT2D eigenvalue weighted by atomic mass is 10.0. The van der Waals surface area contributed by atoms with Gasteiger partial charge in [-0.2, -0.15) is 0 Å². The highest BCUT2D eigenvalue weighted by atomic mass is 16.3. The van der Waals surface area contributed by atoms with Crippen molar-refractivity contribution in [3.63, 3.8) is 0 Å². The summed E-state index contributed by atoms with van der Waals surface area (Å²) in [6.45, 7) is 3.68. The summed E-state index contributed by atoms with van der Waals surface area (Å²) in [5, 5.41) is 0.980. The first kappa shape index (κ1) is 11.8. The van der Waals surface area contributed by atoms with Crippen LogP contribution in [0.3, 0.4) is 0 Å². The molecule has 1 aromatic carbocycles. The van der Waals surface area contributed by atoms with Gasteiger partial charge >= 0.3 is 0 Å². The van der Waals surface area contributed by atoms with Crippen LogP contribution in [0.5, 0.6) is 0 Å². The lowest BCUT2D eigenvalue weighted by molar-refractivity contribution is 0.103. The molecule has 3 nitrogen and oxygen atoms in total. The standard InChI is InChI=1S/C16H15NO2/c1-10-8-13(11(2)19-10)16(18)14-9-17(3)15-7-5-4-6-12(14)15/h4-9H,1-3H3. The summed E-state index contributed by atoms with van der Waals surface area (Å²) in [5.41, 5.74) is 2.43. The summed E-state index contributed by atoms with van der Waals surface area (Å²) in [6, 6.07) is 9.72. The largest absolute Gasteiger partial charge is 0.466 e. The van der Waals surface area contributed by atoms with Crippen LogP contribution in [0.25, 0.3) is 10.9 Å². The molecule has 0 aliphatic rings. The Morgan fingerprint density at radius 3 is 2.58 bits per heavy atom. The molecule has 3 heteroatoms. The van der Waals surface area contributed by atoms with Crippen molar-refractivity contribution in [1.82, 2.24) is 4.57 Å². The molecule has 0 bridgehead atoms. The number of aromatic nitrogens is 1. The average molecular weight is 253 g/mol. The highest BCUT2D eigenvalue weighted by Crippen LogP contribution is 2.25. The Bertz CT molecular complexity index is 777. The van der Waals surface area contributed by atoms with E-state index >= 15 is 0 Å². The molecule has 2 aromatic heterocycles. The molecule has 0 saturated carbocycles. The maximum absolute atomic E-state index is 12.6. The number of hydrogen-bond acceptors (Lipinski definition) is 2. The highest BCUT2D eigenvalue weighted by molar-refractivity contribution is 6.16. The van der Waals surface area contributed by atoms with Gasteiger partial charge in [-0.25, -0.2) is 0 Å². The second kappa shape index (κ2) is 4.12. The maximum Gasteiger partial charge on any atom is 0.198 e. The fraction of sp³-hybridized carbons (Fsp3) is 0.188. The minimum atomic E-state index is 0.0196. The molecule has 0 fully saturated rings. The number of nitrogens with zero attached hydrogens (tertiary/aromatic N) is 1. The normalized spacial score (nSPS) is 11.1. The molecular weight excluding hydrogens is 238 g/mol. The quantitative estimate of drug-likeness (QED) is 0.654. The minimum absolute atomic E-state index is 0.0196. The van der Waals surface area contributed by atoms with Crippen molar-refractivity contribution in [2.45, 2.75) is 13.8 Å². The third-order valence-corrected chi connectivity index (χ3v) is 3.43. The summed E-state index contributed by atoms with van der Waals surface area (Å²) in [7, 11) is 1.95. The number of furan rings is 1. The van der Waals surface area contributed by atoms with Crippen molar-refractivity contribution in [1.29, 1.82) is 0 Å². The minimum Gasteiger partial charge on any atom is -0.466 e. The van der Waals surface area contributed by atoms with E-state index in [1.165, 1.54) is 0 Å². The molecule has 0 N–H and O–H groups in total. The second-order valence-corrected chi connectivity index (χ2v) is 4.83. The van der Waals surface area contributed by atoms with Crippen LogP contribution < -0.4 is 0 Å². The van der Waals surface area contributed by atoms with Crippen molar-refractivity contribution >= 4 is 16.7 Å². The molecule has 0 saturated heterocycles. The molecule has 0 aliphatic heterocycles. The predicted molar refractivity (Wildman–Crippen MR) is 74.5 cm³/mol. The van der Waals surface area contributed by atoms with Gasteiger partial charge in [0.1, 0.15) is 11.5 Å². The molecule has 0 unspecified atom stereocenters. The number of aryl methyl sites for hydroxylation is 3. The molecular formula is C16H15NO2. The van der Waals surface area contributed by atoms with Gasteiger partial charge in [-0.1, -0.05) is 18.2 Å². The van der Waals surface area contributed by atoms with E-state index < -0.39 is 0 Å². The number of carbonyl (C=O) groups excluding carboxylic acids is 1. The number of fused-ring (bicyclic) bond motifs is 1. The predicted octanol–water partition coefficient (Wildman–Crippen LogP) is 3.62. The first-order valence-corrected chi connectivity index (χ1v) is 6.23. The maximum atomic E-state index is 12.6. The van der Waals surface area contributed by atoms with Gasteiger partial charge in [0, 0.05) is 29.7 Å². The van der Waals surface area contributed by atoms with E-state index in [1.54, 1.807) is 6.07 Å². The SMILES string of the molecule is Cc1cc(C(=O)c2cn(C)c3ccccc23)c(C)o1. The molecule has 0 aliphatic carbocycles. The Labute approximate surface area is 111 Å². The lowest BCUT2D eigenvalue weighted by Crippen LogP contribution is -2.00. The van der Waals surface area contributed by atoms with Gasteiger partial charge < -0.3 is 8.98 Å². The third kappa shape index (κ3) is 1.78. The van der Waals surface area contributed by atoms with Gasteiger partial charge in [0.2, 0.25) is 0 Å². The van der Waals surface area contributed by atoms with Crippen LogP contribution in [0.15, 0.2) is 40.9 Å². The number of rotatable bonds is 2. The van der Waals surface area contributed by atoms with Gasteiger partial charge in [-0.05, 0) is 26.0 Å². The van der Waals surface area contributed by atoms with Crippen LogP contribution in [-0.2, 0) is 7.05 Å². The van der Waals surface area contributed by atoms with E-state index in [0.717, 1.165) is 22.2 Å². The second-order valence-electron chi connectivity index (χ2n) is 4.83. The summed E-state index contributed by atoms with van der Waals surface area (Å²) in [4.78, 5) is 12.6. The summed E-state index contributed by atoms with van der Waals surface area (Å²) in [6.07, 6.45) is 1.88. The first-order chi connectivity index (χ1) is 9.08. The Kier molecular flexibility index (Phi) is 2.56. The van der Waals surface area contributed by atoms with Crippen LogP contribution in [0, 0.1) is 13.8 Å².